The molecule has 0 amide bonds. The molecule has 3 unspecified atom stereocenters. The highest BCUT2D eigenvalue weighted by molar-refractivity contribution is 5.29. The minimum atomic E-state index is -0.474. The molecule has 3 N–H and O–H groups in total. The van der Waals surface area contributed by atoms with Crippen LogP contribution < -0.4 is 10.5 Å². The Morgan fingerprint density at radius 1 is 1.40 bits per heavy atom. The van der Waals surface area contributed by atoms with Gasteiger partial charge in [-0.15, -0.1) is 0 Å². The molecular formula is C17H27NO2. The molecule has 1 aromatic rings. The predicted molar refractivity (Wildman–Crippen MR) is 81.7 cm³/mol. The Morgan fingerprint density at radius 3 is 2.60 bits per heavy atom. The number of ether oxygens (including phenoxy) is 1. The van der Waals surface area contributed by atoms with Crippen LogP contribution in [0.4, 0.5) is 0 Å². The lowest BCUT2D eigenvalue weighted by Gasteiger charge is -2.33. The Morgan fingerprint density at radius 2 is 2.10 bits per heavy atom. The molecule has 0 aliphatic heterocycles. The second-order valence-electron chi connectivity index (χ2n) is 6.23. The van der Waals surface area contributed by atoms with Crippen LogP contribution in [0.1, 0.15) is 51.2 Å². The van der Waals surface area contributed by atoms with Gasteiger partial charge in [0.15, 0.2) is 0 Å². The summed E-state index contributed by atoms with van der Waals surface area (Å²) in [4.78, 5) is 0. The van der Waals surface area contributed by atoms with Crippen LogP contribution in [0.2, 0.25) is 0 Å². The third-order valence-electron chi connectivity index (χ3n) is 4.55. The third-order valence-corrected chi connectivity index (χ3v) is 4.55. The fourth-order valence-electron chi connectivity index (χ4n) is 3.30. The molecule has 1 saturated carbocycles. The fourth-order valence-corrected chi connectivity index (χ4v) is 3.30. The number of benzene rings is 1. The lowest BCUT2D eigenvalue weighted by Crippen LogP contribution is -2.34. The topological polar surface area (TPSA) is 55.5 Å². The van der Waals surface area contributed by atoms with Crippen molar-refractivity contribution < 1.29 is 9.84 Å². The normalized spacial score (nSPS) is 27.5. The maximum Gasteiger partial charge on any atom is 0.119 e. The number of aliphatic hydroxyl groups is 1. The number of aliphatic hydroxyl groups excluding tert-OH is 1. The molecule has 1 aromatic carbocycles. The van der Waals surface area contributed by atoms with Gasteiger partial charge in [-0.3, -0.25) is 0 Å². The first-order chi connectivity index (χ1) is 9.61. The van der Waals surface area contributed by atoms with Crippen molar-refractivity contribution in [2.45, 2.75) is 45.6 Å². The average molecular weight is 277 g/mol. The quantitative estimate of drug-likeness (QED) is 0.839. The Bertz CT molecular complexity index is 418. The standard InChI is InChI=1S/C17H27NO2/c1-3-10-20-15-6-4-14(5-7-15)16(19)17(12-18)9-8-13(2)11-17/h4-7,13,16,19H,3,8-12,18H2,1-2H3. The van der Waals surface area contributed by atoms with Crippen molar-refractivity contribution >= 4 is 0 Å². The molecule has 3 atom stereocenters. The van der Waals surface area contributed by atoms with Crippen molar-refractivity contribution in [2.75, 3.05) is 13.2 Å². The van der Waals surface area contributed by atoms with Gasteiger partial charge in [-0.1, -0.05) is 32.4 Å². The van der Waals surface area contributed by atoms with E-state index in [4.69, 9.17) is 10.5 Å². The summed E-state index contributed by atoms with van der Waals surface area (Å²) in [5.74, 6) is 1.52. The number of rotatable bonds is 6. The minimum absolute atomic E-state index is 0.148. The van der Waals surface area contributed by atoms with E-state index >= 15 is 0 Å². The summed E-state index contributed by atoms with van der Waals surface area (Å²) in [5.41, 5.74) is 6.78. The van der Waals surface area contributed by atoms with Crippen LogP contribution in [0.5, 0.6) is 5.75 Å². The molecule has 0 heterocycles. The maximum atomic E-state index is 10.7. The molecule has 1 aliphatic rings. The largest absolute Gasteiger partial charge is 0.494 e. The van der Waals surface area contributed by atoms with E-state index in [2.05, 4.69) is 13.8 Å². The van der Waals surface area contributed by atoms with E-state index in [1.54, 1.807) is 0 Å². The van der Waals surface area contributed by atoms with Crippen molar-refractivity contribution in [3.8, 4) is 5.75 Å². The molecule has 1 fully saturated rings. The predicted octanol–water partition coefficient (Wildman–Crippen LogP) is 3.27. The van der Waals surface area contributed by atoms with E-state index in [9.17, 15) is 5.11 Å². The lowest BCUT2D eigenvalue weighted by molar-refractivity contribution is 0.0307. The van der Waals surface area contributed by atoms with Crippen molar-refractivity contribution in [2.24, 2.45) is 17.1 Å². The number of hydrogen-bond donors (Lipinski definition) is 2. The summed E-state index contributed by atoms with van der Waals surface area (Å²) in [5, 5.41) is 10.7. The lowest BCUT2D eigenvalue weighted by atomic mass is 9.77. The zero-order chi connectivity index (χ0) is 14.6. The van der Waals surface area contributed by atoms with Gasteiger partial charge in [-0.2, -0.15) is 0 Å². The van der Waals surface area contributed by atoms with Crippen molar-refractivity contribution in [3.05, 3.63) is 29.8 Å². The molecule has 112 valence electrons. The number of nitrogens with two attached hydrogens (primary N) is 1. The van der Waals surface area contributed by atoms with E-state index in [1.807, 2.05) is 24.3 Å². The Labute approximate surface area is 122 Å². The molecule has 0 bridgehead atoms. The van der Waals surface area contributed by atoms with Crippen LogP contribution in [0, 0.1) is 11.3 Å². The van der Waals surface area contributed by atoms with Crippen molar-refractivity contribution in [1.29, 1.82) is 0 Å². The molecule has 3 heteroatoms. The third kappa shape index (κ3) is 3.15. The van der Waals surface area contributed by atoms with E-state index in [0.717, 1.165) is 43.6 Å². The summed E-state index contributed by atoms with van der Waals surface area (Å²) in [6, 6.07) is 7.82. The highest BCUT2D eigenvalue weighted by Crippen LogP contribution is 2.49. The zero-order valence-corrected chi connectivity index (χ0v) is 12.6. The van der Waals surface area contributed by atoms with Gasteiger partial charge in [0.1, 0.15) is 5.75 Å². The second-order valence-corrected chi connectivity index (χ2v) is 6.23. The van der Waals surface area contributed by atoms with Gasteiger partial charge in [-0.25, -0.2) is 0 Å². The van der Waals surface area contributed by atoms with Crippen LogP contribution in [0.3, 0.4) is 0 Å². The van der Waals surface area contributed by atoms with Gasteiger partial charge in [0, 0.05) is 12.0 Å². The molecule has 0 spiro atoms. The molecule has 3 nitrogen and oxygen atoms in total. The minimum Gasteiger partial charge on any atom is -0.494 e. The van der Waals surface area contributed by atoms with Crippen molar-refractivity contribution in [1.82, 2.24) is 0 Å². The van der Waals surface area contributed by atoms with Gasteiger partial charge in [0.25, 0.3) is 0 Å². The highest BCUT2D eigenvalue weighted by Gasteiger charge is 2.42. The second kappa shape index (κ2) is 6.59. The fraction of sp³-hybridized carbons (Fsp3) is 0.647. The maximum absolute atomic E-state index is 10.7. The first kappa shape index (κ1) is 15.3. The molecule has 0 aromatic heterocycles. The van der Waals surface area contributed by atoms with Gasteiger partial charge >= 0.3 is 0 Å². The summed E-state index contributed by atoms with van der Waals surface area (Å²) < 4.78 is 5.58. The molecule has 0 radical (unpaired) electrons. The SMILES string of the molecule is CCCOc1ccc(C(O)C2(CN)CCC(C)C2)cc1. The molecular weight excluding hydrogens is 250 g/mol. The summed E-state index contributed by atoms with van der Waals surface area (Å²) >= 11 is 0. The van der Waals surface area contributed by atoms with Crippen molar-refractivity contribution in [3.63, 3.8) is 0 Å². The monoisotopic (exact) mass is 277 g/mol. The zero-order valence-electron chi connectivity index (χ0n) is 12.6. The van der Waals surface area contributed by atoms with E-state index in [0.29, 0.717) is 12.5 Å². The van der Waals surface area contributed by atoms with E-state index in [1.165, 1.54) is 0 Å². The van der Waals surface area contributed by atoms with Gasteiger partial charge in [0.05, 0.1) is 12.7 Å². The van der Waals surface area contributed by atoms with E-state index < -0.39 is 6.10 Å². The number of hydrogen-bond acceptors (Lipinski definition) is 3. The average Bonchev–Trinajstić information content (AvgIpc) is 2.87. The smallest absolute Gasteiger partial charge is 0.119 e. The van der Waals surface area contributed by atoms with Crippen LogP contribution in [0.15, 0.2) is 24.3 Å². The molecule has 2 rings (SSSR count). The molecule has 1 aliphatic carbocycles. The van der Waals surface area contributed by atoms with Gasteiger partial charge < -0.3 is 15.6 Å². The van der Waals surface area contributed by atoms with Crippen LogP contribution in [0.25, 0.3) is 0 Å². The van der Waals surface area contributed by atoms with Gasteiger partial charge in [0.2, 0.25) is 0 Å². The molecule has 20 heavy (non-hydrogen) atoms. The first-order valence-electron chi connectivity index (χ1n) is 7.72. The molecule has 0 saturated heterocycles. The summed E-state index contributed by atoms with van der Waals surface area (Å²) in [6.07, 6.45) is 3.71. The first-order valence-corrected chi connectivity index (χ1v) is 7.72. The Hall–Kier alpha value is -1.06. The summed E-state index contributed by atoms with van der Waals surface area (Å²) in [6.45, 7) is 5.61. The van der Waals surface area contributed by atoms with E-state index in [-0.39, 0.29) is 5.41 Å². The van der Waals surface area contributed by atoms with Crippen LogP contribution in [-0.4, -0.2) is 18.3 Å². The highest BCUT2D eigenvalue weighted by atomic mass is 16.5. The van der Waals surface area contributed by atoms with Gasteiger partial charge in [-0.05, 0) is 42.9 Å². The Balaban J connectivity index is 2.10. The summed E-state index contributed by atoms with van der Waals surface area (Å²) in [7, 11) is 0. The van der Waals surface area contributed by atoms with Crippen LogP contribution >= 0.6 is 0 Å². The Kier molecular flexibility index (Phi) is 5.06. The van der Waals surface area contributed by atoms with Crippen LogP contribution in [-0.2, 0) is 0 Å².